The number of aromatic nitrogens is 1. The van der Waals surface area contributed by atoms with Crippen molar-refractivity contribution in [2.45, 2.75) is 57.2 Å². The van der Waals surface area contributed by atoms with Crippen molar-refractivity contribution in [2.75, 3.05) is 0 Å². The van der Waals surface area contributed by atoms with E-state index < -0.39 is 6.04 Å². The minimum Gasteiger partial charge on any atom is -0.351 e. The van der Waals surface area contributed by atoms with Gasteiger partial charge in [0.15, 0.2) is 0 Å². The second-order valence-corrected chi connectivity index (χ2v) is 9.32. The Morgan fingerprint density at radius 2 is 1.75 bits per heavy atom. The lowest BCUT2D eigenvalue weighted by Crippen LogP contribution is -2.47. The van der Waals surface area contributed by atoms with E-state index in [9.17, 15) is 9.59 Å². The van der Waals surface area contributed by atoms with E-state index in [-0.39, 0.29) is 24.3 Å². The molecule has 1 aliphatic carbocycles. The Morgan fingerprint density at radius 3 is 2.44 bits per heavy atom. The molecule has 1 unspecified atom stereocenters. The highest BCUT2D eigenvalue weighted by Gasteiger charge is 2.33. The molecular weight excluding hydrogens is 418 g/mol. The molecule has 6 heteroatoms. The molecule has 0 spiro atoms. The van der Waals surface area contributed by atoms with Crippen molar-refractivity contribution in [3.05, 3.63) is 88.4 Å². The van der Waals surface area contributed by atoms with Gasteiger partial charge in [-0.05, 0) is 47.5 Å². The molecule has 4 rings (SSSR count). The number of amides is 2. The number of nitrogens with zero attached hydrogens (tertiary/aromatic N) is 2. The second-order valence-electron chi connectivity index (χ2n) is 8.29. The van der Waals surface area contributed by atoms with Crippen molar-refractivity contribution >= 4 is 23.2 Å². The third-order valence-electron chi connectivity index (χ3n) is 5.96. The largest absolute Gasteiger partial charge is 0.351 e. The van der Waals surface area contributed by atoms with Gasteiger partial charge < -0.3 is 10.2 Å². The number of carbonyl (C=O) groups is 2. The summed E-state index contributed by atoms with van der Waals surface area (Å²) in [5, 5.41) is 5.22. The fourth-order valence-corrected chi connectivity index (χ4v) is 5.01. The van der Waals surface area contributed by atoms with Crippen LogP contribution in [0.4, 0.5) is 0 Å². The van der Waals surface area contributed by atoms with E-state index in [0.717, 1.165) is 41.7 Å². The van der Waals surface area contributed by atoms with Crippen molar-refractivity contribution in [3.8, 4) is 0 Å². The second kappa shape index (κ2) is 11.0. The van der Waals surface area contributed by atoms with Gasteiger partial charge in [0.1, 0.15) is 6.04 Å². The Labute approximate surface area is 193 Å². The Hall–Kier alpha value is -2.99. The minimum absolute atomic E-state index is 0.0584. The monoisotopic (exact) mass is 447 g/mol. The third-order valence-corrected chi connectivity index (χ3v) is 6.83. The molecule has 1 atom stereocenters. The van der Waals surface area contributed by atoms with Gasteiger partial charge in [-0.1, -0.05) is 55.7 Å². The molecule has 1 fully saturated rings. The first-order valence-corrected chi connectivity index (χ1v) is 12.1. The number of rotatable bonds is 8. The first kappa shape index (κ1) is 22.2. The maximum atomic E-state index is 13.6. The van der Waals surface area contributed by atoms with Crippen LogP contribution in [0, 0.1) is 0 Å². The van der Waals surface area contributed by atoms with Gasteiger partial charge >= 0.3 is 0 Å². The van der Waals surface area contributed by atoms with Crippen LogP contribution in [-0.2, 0) is 22.6 Å². The average molecular weight is 448 g/mol. The molecule has 0 saturated heterocycles. The lowest BCUT2D eigenvalue weighted by atomic mass is 9.94. The highest BCUT2D eigenvalue weighted by molar-refractivity contribution is 7.10. The van der Waals surface area contributed by atoms with E-state index in [4.69, 9.17) is 0 Å². The van der Waals surface area contributed by atoms with Crippen molar-refractivity contribution in [1.82, 2.24) is 15.2 Å². The van der Waals surface area contributed by atoms with Crippen LogP contribution < -0.4 is 5.32 Å². The molecule has 166 valence electrons. The van der Waals surface area contributed by atoms with Crippen LogP contribution in [0.2, 0.25) is 0 Å². The van der Waals surface area contributed by atoms with Gasteiger partial charge in [-0.3, -0.25) is 14.6 Å². The van der Waals surface area contributed by atoms with Crippen molar-refractivity contribution in [3.63, 3.8) is 0 Å². The maximum Gasteiger partial charge on any atom is 0.247 e. The minimum atomic E-state index is -0.701. The molecule has 1 aromatic carbocycles. The molecule has 2 amide bonds. The molecular formula is C26H29N3O2S. The Morgan fingerprint density at radius 1 is 1.00 bits per heavy atom. The van der Waals surface area contributed by atoms with Gasteiger partial charge in [0.25, 0.3) is 0 Å². The normalized spacial score (nSPS) is 15.1. The lowest BCUT2D eigenvalue weighted by molar-refractivity contribution is -0.141. The van der Waals surface area contributed by atoms with Crippen LogP contribution >= 0.6 is 11.3 Å². The first-order chi connectivity index (χ1) is 15.7. The van der Waals surface area contributed by atoms with E-state index in [0.29, 0.717) is 6.54 Å². The molecule has 32 heavy (non-hydrogen) atoms. The fourth-order valence-electron chi connectivity index (χ4n) is 4.31. The highest BCUT2D eigenvalue weighted by atomic mass is 32.1. The number of benzene rings is 1. The summed E-state index contributed by atoms with van der Waals surface area (Å²) >= 11 is 1.56. The number of carbonyl (C=O) groups excluding carboxylic acids is 2. The molecule has 0 bridgehead atoms. The number of hydrogen-bond acceptors (Lipinski definition) is 4. The van der Waals surface area contributed by atoms with Gasteiger partial charge in [0, 0.05) is 29.9 Å². The summed E-state index contributed by atoms with van der Waals surface area (Å²) in [5.41, 5.74) is 1.78. The Bertz CT molecular complexity index is 986. The Balaban J connectivity index is 1.65. The Kier molecular flexibility index (Phi) is 7.67. The SMILES string of the molecule is O=C(NC1CCCCC1)C(c1ccncc1)N(Cc1ccccc1)C(=O)Cc1cccs1. The molecule has 5 nitrogen and oxygen atoms in total. The van der Waals surface area contributed by atoms with Crippen LogP contribution in [-0.4, -0.2) is 27.7 Å². The summed E-state index contributed by atoms with van der Waals surface area (Å²) in [6.07, 6.45) is 9.13. The van der Waals surface area contributed by atoms with Gasteiger partial charge in [-0.15, -0.1) is 11.3 Å². The molecule has 0 radical (unpaired) electrons. The first-order valence-electron chi connectivity index (χ1n) is 11.3. The van der Waals surface area contributed by atoms with E-state index >= 15 is 0 Å². The summed E-state index contributed by atoms with van der Waals surface area (Å²) in [7, 11) is 0. The number of thiophene rings is 1. The summed E-state index contributed by atoms with van der Waals surface area (Å²) in [6, 6.07) is 16.9. The van der Waals surface area contributed by atoms with Crippen LogP contribution in [0.5, 0.6) is 0 Å². The van der Waals surface area contributed by atoms with E-state index in [1.165, 1.54) is 6.42 Å². The lowest BCUT2D eigenvalue weighted by Gasteiger charge is -2.33. The molecule has 1 N–H and O–H groups in total. The molecule has 0 aliphatic heterocycles. The quantitative estimate of drug-likeness (QED) is 0.534. The number of pyridine rings is 1. The summed E-state index contributed by atoms with van der Waals surface area (Å²) in [4.78, 5) is 34.0. The highest BCUT2D eigenvalue weighted by Crippen LogP contribution is 2.26. The zero-order valence-electron chi connectivity index (χ0n) is 18.2. The van der Waals surface area contributed by atoms with Crippen molar-refractivity contribution in [1.29, 1.82) is 0 Å². The zero-order chi connectivity index (χ0) is 22.2. The molecule has 2 heterocycles. The van der Waals surface area contributed by atoms with E-state index in [1.807, 2.05) is 60.0 Å². The van der Waals surface area contributed by atoms with Gasteiger partial charge in [-0.25, -0.2) is 0 Å². The maximum absolute atomic E-state index is 13.6. The topological polar surface area (TPSA) is 62.3 Å². The third kappa shape index (κ3) is 5.82. The van der Waals surface area contributed by atoms with Crippen molar-refractivity contribution < 1.29 is 9.59 Å². The summed E-state index contributed by atoms with van der Waals surface area (Å²) in [5.74, 6) is -0.171. The smallest absolute Gasteiger partial charge is 0.247 e. The molecule has 3 aromatic rings. The fraction of sp³-hybridized carbons (Fsp3) is 0.346. The van der Waals surface area contributed by atoms with Crippen LogP contribution in [0.1, 0.15) is 54.1 Å². The predicted octanol–water partition coefficient (Wildman–Crippen LogP) is 4.90. The molecule has 2 aromatic heterocycles. The van der Waals surface area contributed by atoms with Gasteiger partial charge in [0.05, 0.1) is 6.42 Å². The van der Waals surface area contributed by atoms with Crippen molar-refractivity contribution in [2.24, 2.45) is 0 Å². The molecule has 1 saturated carbocycles. The van der Waals surface area contributed by atoms with Crippen LogP contribution in [0.25, 0.3) is 0 Å². The van der Waals surface area contributed by atoms with Crippen LogP contribution in [0.15, 0.2) is 72.4 Å². The van der Waals surface area contributed by atoms with Gasteiger partial charge in [-0.2, -0.15) is 0 Å². The predicted molar refractivity (Wildman–Crippen MR) is 127 cm³/mol. The van der Waals surface area contributed by atoms with E-state index in [2.05, 4.69) is 10.3 Å². The standard InChI is InChI=1S/C26H29N3O2S/c30-24(18-23-12-7-17-32-23)29(19-20-8-3-1-4-9-20)25(21-13-15-27-16-14-21)26(31)28-22-10-5-2-6-11-22/h1,3-4,7-9,12-17,22,25H,2,5-6,10-11,18-19H2,(H,28,31). The number of nitrogens with one attached hydrogen (secondary N) is 1. The average Bonchev–Trinajstić information content (AvgIpc) is 3.34. The summed E-state index contributed by atoms with van der Waals surface area (Å²) in [6.45, 7) is 0.371. The molecule has 1 aliphatic rings. The number of hydrogen-bond donors (Lipinski definition) is 1. The summed E-state index contributed by atoms with van der Waals surface area (Å²) < 4.78 is 0. The van der Waals surface area contributed by atoms with E-state index in [1.54, 1.807) is 28.6 Å². The zero-order valence-corrected chi connectivity index (χ0v) is 19.0. The van der Waals surface area contributed by atoms with Gasteiger partial charge in [0.2, 0.25) is 11.8 Å². The van der Waals surface area contributed by atoms with Crippen LogP contribution in [0.3, 0.4) is 0 Å².